The normalized spacial score (nSPS) is 18.4. The van der Waals surface area contributed by atoms with E-state index in [1.54, 1.807) is 31.2 Å². The number of benzene rings is 2. The lowest BCUT2D eigenvalue weighted by molar-refractivity contribution is -0.137. The van der Waals surface area contributed by atoms with Crippen molar-refractivity contribution in [2.24, 2.45) is 5.92 Å². The number of nitrogens with zero attached hydrogens (tertiary/aromatic N) is 3. The molecule has 0 unspecified atom stereocenters. The Bertz CT molecular complexity index is 1200. The van der Waals surface area contributed by atoms with Gasteiger partial charge in [0.05, 0.1) is 22.3 Å². The second-order valence-electron chi connectivity index (χ2n) is 9.84. The van der Waals surface area contributed by atoms with Crippen molar-refractivity contribution in [1.82, 2.24) is 19.8 Å². The summed E-state index contributed by atoms with van der Waals surface area (Å²) in [7, 11) is 0. The Kier molecular flexibility index (Phi) is 6.57. The molecular weight excluding hydrogens is 453 g/mol. The van der Waals surface area contributed by atoms with Crippen LogP contribution in [0.2, 0.25) is 0 Å². The van der Waals surface area contributed by atoms with Crippen molar-refractivity contribution in [3.8, 4) is 5.69 Å². The topological polar surface area (TPSA) is 50.2 Å². The SMILES string of the molecule is Cc1nc2ccccc2n1-c1ccc(C(=O)NCC2CCN(C3CCCC3)CC2)cc1C(F)(F)F. The molecule has 1 aliphatic carbocycles. The van der Waals surface area contributed by atoms with Crippen molar-refractivity contribution < 1.29 is 18.0 Å². The molecule has 186 valence electrons. The van der Waals surface area contributed by atoms with E-state index in [4.69, 9.17) is 0 Å². The zero-order valence-electron chi connectivity index (χ0n) is 19.9. The summed E-state index contributed by atoms with van der Waals surface area (Å²) in [6.45, 7) is 4.25. The minimum atomic E-state index is -4.61. The molecule has 1 aromatic heterocycles. The maximum atomic E-state index is 14.1. The fraction of sp³-hybridized carbons (Fsp3) is 0.481. The number of likely N-dealkylation sites (tertiary alicyclic amines) is 1. The first-order valence-corrected chi connectivity index (χ1v) is 12.5. The molecule has 0 bridgehead atoms. The van der Waals surface area contributed by atoms with Crippen LogP contribution in [0.15, 0.2) is 42.5 Å². The quantitative estimate of drug-likeness (QED) is 0.503. The number of aromatic nitrogens is 2. The summed E-state index contributed by atoms with van der Waals surface area (Å²) in [5, 5.41) is 2.88. The number of piperidine rings is 1. The van der Waals surface area contributed by atoms with Gasteiger partial charge in [-0.3, -0.25) is 9.36 Å². The van der Waals surface area contributed by atoms with E-state index in [1.165, 1.54) is 42.4 Å². The van der Waals surface area contributed by atoms with Gasteiger partial charge in [-0.15, -0.1) is 0 Å². The molecule has 8 heteroatoms. The molecule has 0 atom stereocenters. The Balaban J connectivity index is 1.31. The minimum Gasteiger partial charge on any atom is -0.352 e. The van der Waals surface area contributed by atoms with Crippen LogP contribution in [0, 0.1) is 12.8 Å². The van der Waals surface area contributed by atoms with E-state index in [9.17, 15) is 18.0 Å². The number of imidazole rings is 1. The van der Waals surface area contributed by atoms with Gasteiger partial charge in [-0.2, -0.15) is 13.2 Å². The molecule has 1 amide bonds. The standard InChI is InChI=1S/C27H31F3N4O/c1-18-32-23-8-4-5-9-25(23)34(18)24-11-10-20(16-22(24)27(28,29)30)26(35)31-17-19-12-14-33(15-13-19)21-6-2-3-7-21/h4-5,8-11,16,19,21H,2-3,6-7,12-15,17H2,1H3,(H,31,35). The monoisotopic (exact) mass is 484 g/mol. The molecule has 35 heavy (non-hydrogen) atoms. The van der Waals surface area contributed by atoms with Crippen LogP contribution in [0.5, 0.6) is 0 Å². The van der Waals surface area contributed by atoms with E-state index < -0.39 is 17.6 Å². The molecule has 0 spiro atoms. The zero-order valence-corrected chi connectivity index (χ0v) is 19.9. The van der Waals surface area contributed by atoms with Crippen LogP contribution in [0.3, 0.4) is 0 Å². The highest BCUT2D eigenvalue weighted by Crippen LogP contribution is 2.36. The van der Waals surface area contributed by atoms with E-state index >= 15 is 0 Å². The summed E-state index contributed by atoms with van der Waals surface area (Å²) in [4.78, 5) is 19.8. The van der Waals surface area contributed by atoms with Gasteiger partial charge in [-0.1, -0.05) is 25.0 Å². The highest BCUT2D eigenvalue weighted by molar-refractivity contribution is 5.95. The summed E-state index contributed by atoms with van der Waals surface area (Å²) in [6, 6.07) is 11.6. The predicted octanol–water partition coefficient (Wildman–Crippen LogP) is 5.74. The Morgan fingerprint density at radius 2 is 1.77 bits per heavy atom. The molecule has 5 rings (SSSR count). The summed E-state index contributed by atoms with van der Waals surface area (Å²) in [6.07, 6.45) is 2.61. The fourth-order valence-corrected chi connectivity index (χ4v) is 5.68. The first-order chi connectivity index (χ1) is 16.8. The highest BCUT2D eigenvalue weighted by atomic mass is 19.4. The third-order valence-corrected chi connectivity index (χ3v) is 7.58. The van der Waals surface area contributed by atoms with Crippen molar-refractivity contribution in [3.63, 3.8) is 0 Å². The number of halogens is 3. The number of rotatable bonds is 5. The van der Waals surface area contributed by atoms with Crippen molar-refractivity contribution in [2.45, 2.75) is 57.7 Å². The molecule has 2 heterocycles. The van der Waals surface area contributed by atoms with Crippen LogP contribution in [-0.4, -0.2) is 46.0 Å². The summed E-state index contributed by atoms with van der Waals surface area (Å²) < 4.78 is 43.8. The van der Waals surface area contributed by atoms with Gasteiger partial charge in [0.25, 0.3) is 5.91 Å². The maximum absolute atomic E-state index is 14.1. The molecule has 0 radical (unpaired) electrons. The van der Waals surface area contributed by atoms with Crippen LogP contribution in [0.1, 0.15) is 60.3 Å². The largest absolute Gasteiger partial charge is 0.418 e. The second kappa shape index (κ2) is 9.64. The van der Waals surface area contributed by atoms with Gasteiger partial charge in [-0.25, -0.2) is 4.98 Å². The third kappa shape index (κ3) is 4.94. The number of carbonyl (C=O) groups excluding carboxylic acids is 1. The average molecular weight is 485 g/mol. The molecule has 1 saturated heterocycles. The van der Waals surface area contributed by atoms with E-state index in [0.29, 0.717) is 35.4 Å². The van der Waals surface area contributed by atoms with Gasteiger partial charge in [0.2, 0.25) is 0 Å². The number of hydrogen-bond donors (Lipinski definition) is 1. The number of aryl methyl sites for hydroxylation is 1. The summed E-state index contributed by atoms with van der Waals surface area (Å²) in [5.41, 5.74) is 0.364. The lowest BCUT2D eigenvalue weighted by Gasteiger charge is -2.36. The van der Waals surface area contributed by atoms with Crippen LogP contribution in [-0.2, 0) is 6.18 Å². The Labute approximate surface area is 203 Å². The molecule has 2 aromatic carbocycles. The van der Waals surface area contributed by atoms with Crippen LogP contribution in [0.4, 0.5) is 13.2 Å². The van der Waals surface area contributed by atoms with E-state index in [2.05, 4.69) is 15.2 Å². The second-order valence-corrected chi connectivity index (χ2v) is 9.84. The smallest absolute Gasteiger partial charge is 0.352 e. The number of fused-ring (bicyclic) bond motifs is 1. The van der Waals surface area contributed by atoms with Gasteiger partial charge in [0, 0.05) is 18.2 Å². The van der Waals surface area contributed by atoms with Gasteiger partial charge in [0.1, 0.15) is 5.82 Å². The fourth-order valence-electron chi connectivity index (χ4n) is 5.68. The van der Waals surface area contributed by atoms with E-state index in [0.717, 1.165) is 32.0 Å². The zero-order chi connectivity index (χ0) is 24.6. The molecule has 2 aliphatic rings. The number of nitrogens with one attached hydrogen (secondary N) is 1. The Morgan fingerprint density at radius 1 is 1.06 bits per heavy atom. The maximum Gasteiger partial charge on any atom is 0.418 e. The van der Waals surface area contributed by atoms with Crippen LogP contribution in [0.25, 0.3) is 16.7 Å². The molecule has 1 saturated carbocycles. The summed E-state index contributed by atoms with van der Waals surface area (Å²) in [5.74, 6) is 0.350. The lowest BCUT2D eigenvalue weighted by Crippen LogP contribution is -2.42. The van der Waals surface area contributed by atoms with Crippen molar-refractivity contribution >= 4 is 16.9 Å². The van der Waals surface area contributed by atoms with Crippen LogP contribution >= 0.6 is 0 Å². The molecule has 1 aliphatic heterocycles. The predicted molar refractivity (Wildman–Crippen MR) is 130 cm³/mol. The molecule has 3 aromatic rings. The first kappa shape index (κ1) is 23.9. The average Bonchev–Trinajstić information content (AvgIpc) is 3.49. The molecule has 1 N–H and O–H groups in total. The Morgan fingerprint density at radius 3 is 2.49 bits per heavy atom. The van der Waals surface area contributed by atoms with Gasteiger partial charge in [0.15, 0.2) is 0 Å². The highest BCUT2D eigenvalue weighted by Gasteiger charge is 2.35. The number of alkyl halides is 3. The number of para-hydroxylation sites is 2. The molecule has 2 fully saturated rings. The summed E-state index contributed by atoms with van der Waals surface area (Å²) >= 11 is 0. The van der Waals surface area contributed by atoms with Crippen molar-refractivity contribution in [2.75, 3.05) is 19.6 Å². The van der Waals surface area contributed by atoms with Crippen molar-refractivity contribution in [3.05, 3.63) is 59.4 Å². The van der Waals surface area contributed by atoms with E-state index in [1.807, 2.05) is 0 Å². The van der Waals surface area contributed by atoms with Gasteiger partial charge < -0.3 is 10.2 Å². The first-order valence-electron chi connectivity index (χ1n) is 12.5. The van der Waals surface area contributed by atoms with Gasteiger partial charge >= 0.3 is 6.18 Å². The Hall–Kier alpha value is -2.87. The third-order valence-electron chi connectivity index (χ3n) is 7.58. The number of hydrogen-bond acceptors (Lipinski definition) is 3. The van der Waals surface area contributed by atoms with Gasteiger partial charge in [-0.05, 0) is 81.9 Å². The van der Waals surface area contributed by atoms with Crippen LogP contribution < -0.4 is 5.32 Å². The minimum absolute atomic E-state index is 0.0199. The number of amides is 1. The number of carbonyl (C=O) groups is 1. The molecule has 5 nitrogen and oxygen atoms in total. The van der Waals surface area contributed by atoms with E-state index in [-0.39, 0.29) is 11.3 Å². The molecular formula is C27H31F3N4O. The van der Waals surface area contributed by atoms with Crippen molar-refractivity contribution in [1.29, 1.82) is 0 Å². The lowest BCUT2D eigenvalue weighted by atomic mass is 9.95.